The summed E-state index contributed by atoms with van der Waals surface area (Å²) in [5.74, 6) is 0.205. The number of hydrogen-bond donors (Lipinski definition) is 2. The fourth-order valence-corrected chi connectivity index (χ4v) is 1.99. The summed E-state index contributed by atoms with van der Waals surface area (Å²) in [6.07, 6.45) is 0.991. The molecule has 0 aromatic heterocycles. The van der Waals surface area contributed by atoms with Crippen molar-refractivity contribution < 1.29 is 15.0 Å². The van der Waals surface area contributed by atoms with Gasteiger partial charge >= 0.3 is 0 Å². The van der Waals surface area contributed by atoms with Crippen LogP contribution in [0.1, 0.15) is 23.7 Å². The van der Waals surface area contributed by atoms with Gasteiger partial charge in [-0.1, -0.05) is 6.92 Å². The largest absolute Gasteiger partial charge is 0.508 e. The second kappa shape index (κ2) is 4.04. The van der Waals surface area contributed by atoms with Crippen LogP contribution in [0.15, 0.2) is 18.2 Å². The number of phenols is 2. The minimum absolute atomic E-state index is 0.00612. The first-order valence-electron chi connectivity index (χ1n) is 5.39. The number of carbonyl (C=O) groups excluding carboxylic acids is 1. The average Bonchev–Trinajstić information content (AvgIpc) is 2.67. The molecule has 0 bridgehead atoms. The van der Waals surface area contributed by atoms with E-state index in [9.17, 15) is 15.0 Å². The second-order valence-corrected chi connectivity index (χ2v) is 4.35. The molecular weight excluding hydrogens is 206 g/mol. The third-order valence-electron chi connectivity index (χ3n) is 2.92. The van der Waals surface area contributed by atoms with Crippen molar-refractivity contribution in [3.05, 3.63) is 23.8 Å². The molecule has 2 rings (SSSR count). The summed E-state index contributed by atoms with van der Waals surface area (Å²) in [4.78, 5) is 13.7. The van der Waals surface area contributed by atoms with E-state index >= 15 is 0 Å². The van der Waals surface area contributed by atoms with Gasteiger partial charge in [-0.05, 0) is 30.5 Å². The molecule has 1 saturated heterocycles. The Bertz CT molecular complexity index is 417. The highest BCUT2D eigenvalue weighted by atomic mass is 16.3. The van der Waals surface area contributed by atoms with Crippen LogP contribution < -0.4 is 0 Å². The van der Waals surface area contributed by atoms with E-state index in [1.165, 1.54) is 18.2 Å². The van der Waals surface area contributed by atoms with Gasteiger partial charge in [-0.2, -0.15) is 0 Å². The number of benzene rings is 1. The predicted molar refractivity (Wildman–Crippen MR) is 59.5 cm³/mol. The standard InChI is InChI=1S/C12H15NO3/c1-8-4-5-13(7-8)12(16)10-6-9(14)2-3-11(10)15/h2-3,6,8,14-15H,4-5,7H2,1H3. The molecule has 4 nitrogen and oxygen atoms in total. The molecule has 0 aliphatic carbocycles. The molecule has 0 spiro atoms. The summed E-state index contributed by atoms with van der Waals surface area (Å²) in [5.41, 5.74) is 0.175. The highest BCUT2D eigenvalue weighted by molar-refractivity contribution is 5.97. The Labute approximate surface area is 94.1 Å². The average molecular weight is 221 g/mol. The Morgan fingerprint density at radius 3 is 2.81 bits per heavy atom. The molecule has 1 aromatic carbocycles. The summed E-state index contributed by atoms with van der Waals surface area (Å²) in [7, 11) is 0. The zero-order valence-corrected chi connectivity index (χ0v) is 9.18. The molecular formula is C12H15NO3. The van der Waals surface area contributed by atoms with E-state index in [-0.39, 0.29) is 23.0 Å². The van der Waals surface area contributed by atoms with E-state index in [1.807, 2.05) is 0 Å². The normalized spacial score (nSPS) is 20.1. The first-order valence-corrected chi connectivity index (χ1v) is 5.39. The van der Waals surface area contributed by atoms with Crippen molar-refractivity contribution in [2.45, 2.75) is 13.3 Å². The van der Waals surface area contributed by atoms with Crippen molar-refractivity contribution in [3.8, 4) is 11.5 Å². The van der Waals surface area contributed by atoms with Gasteiger partial charge in [0.15, 0.2) is 0 Å². The number of nitrogens with zero attached hydrogens (tertiary/aromatic N) is 1. The van der Waals surface area contributed by atoms with Crippen molar-refractivity contribution in [1.82, 2.24) is 4.90 Å². The maximum atomic E-state index is 12.0. The van der Waals surface area contributed by atoms with Crippen LogP contribution in [0.25, 0.3) is 0 Å². The highest BCUT2D eigenvalue weighted by Gasteiger charge is 2.25. The SMILES string of the molecule is CC1CCN(C(=O)c2cc(O)ccc2O)C1. The molecule has 1 aromatic rings. The van der Waals surface area contributed by atoms with Gasteiger partial charge in [0.2, 0.25) is 0 Å². The molecule has 1 aliphatic heterocycles. The Morgan fingerprint density at radius 2 is 2.19 bits per heavy atom. The summed E-state index contributed by atoms with van der Waals surface area (Å²) in [6.45, 7) is 3.53. The van der Waals surface area contributed by atoms with Crippen LogP contribution >= 0.6 is 0 Å². The lowest BCUT2D eigenvalue weighted by Gasteiger charge is -2.16. The maximum Gasteiger partial charge on any atom is 0.257 e. The third kappa shape index (κ3) is 1.96. The molecule has 2 N–H and O–H groups in total. The minimum atomic E-state index is -0.210. The summed E-state index contributed by atoms with van der Waals surface area (Å²) >= 11 is 0. The van der Waals surface area contributed by atoms with Gasteiger partial charge in [0, 0.05) is 13.1 Å². The number of amides is 1. The molecule has 1 atom stereocenters. The quantitative estimate of drug-likeness (QED) is 0.708. The lowest BCUT2D eigenvalue weighted by atomic mass is 10.1. The van der Waals surface area contributed by atoms with Crippen molar-refractivity contribution in [2.75, 3.05) is 13.1 Å². The lowest BCUT2D eigenvalue weighted by molar-refractivity contribution is 0.0784. The first kappa shape index (κ1) is 10.8. The van der Waals surface area contributed by atoms with Crippen molar-refractivity contribution in [1.29, 1.82) is 0 Å². The van der Waals surface area contributed by atoms with E-state index in [4.69, 9.17) is 0 Å². The summed E-state index contributed by atoms with van der Waals surface area (Å²) in [6, 6.07) is 4.00. The van der Waals surface area contributed by atoms with Gasteiger partial charge in [0.05, 0.1) is 5.56 Å². The topological polar surface area (TPSA) is 60.8 Å². The van der Waals surface area contributed by atoms with E-state index < -0.39 is 0 Å². The van der Waals surface area contributed by atoms with Crippen molar-refractivity contribution >= 4 is 5.91 Å². The van der Waals surface area contributed by atoms with Gasteiger partial charge < -0.3 is 15.1 Å². The molecule has 1 fully saturated rings. The monoisotopic (exact) mass is 221 g/mol. The Morgan fingerprint density at radius 1 is 1.44 bits per heavy atom. The predicted octanol–water partition coefficient (Wildman–Crippen LogP) is 1.58. The van der Waals surface area contributed by atoms with E-state index in [2.05, 4.69) is 6.92 Å². The maximum absolute atomic E-state index is 12.0. The molecule has 86 valence electrons. The molecule has 1 amide bonds. The summed E-state index contributed by atoms with van der Waals surface area (Å²) < 4.78 is 0. The molecule has 1 unspecified atom stereocenters. The zero-order valence-electron chi connectivity index (χ0n) is 9.18. The van der Waals surface area contributed by atoms with Crippen LogP contribution in [0.4, 0.5) is 0 Å². The smallest absolute Gasteiger partial charge is 0.257 e. The Hall–Kier alpha value is -1.71. The van der Waals surface area contributed by atoms with Crippen molar-refractivity contribution in [2.24, 2.45) is 5.92 Å². The van der Waals surface area contributed by atoms with Crippen LogP contribution in [-0.4, -0.2) is 34.1 Å². The number of phenolic OH excluding ortho intramolecular Hbond substituents is 2. The number of aromatic hydroxyl groups is 2. The van der Waals surface area contributed by atoms with Crippen LogP contribution in [0.2, 0.25) is 0 Å². The molecule has 0 radical (unpaired) electrons. The van der Waals surface area contributed by atoms with Gasteiger partial charge in [0.25, 0.3) is 5.91 Å². The molecule has 4 heteroatoms. The van der Waals surface area contributed by atoms with Gasteiger partial charge in [-0.25, -0.2) is 0 Å². The van der Waals surface area contributed by atoms with Gasteiger partial charge in [-0.3, -0.25) is 4.79 Å². The van der Waals surface area contributed by atoms with E-state index in [1.54, 1.807) is 4.90 Å². The number of carbonyl (C=O) groups is 1. The van der Waals surface area contributed by atoms with Crippen LogP contribution in [0.3, 0.4) is 0 Å². The van der Waals surface area contributed by atoms with E-state index in [0.717, 1.165) is 13.0 Å². The highest BCUT2D eigenvalue weighted by Crippen LogP contribution is 2.26. The van der Waals surface area contributed by atoms with Crippen LogP contribution in [0, 0.1) is 5.92 Å². The second-order valence-electron chi connectivity index (χ2n) is 4.35. The fraction of sp³-hybridized carbons (Fsp3) is 0.417. The van der Waals surface area contributed by atoms with Gasteiger partial charge in [0.1, 0.15) is 11.5 Å². The van der Waals surface area contributed by atoms with Crippen LogP contribution in [-0.2, 0) is 0 Å². The number of hydrogen-bond acceptors (Lipinski definition) is 3. The summed E-state index contributed by atoms with van der Waals surface area (Å²) in [5, 5.41) is 18.9. The molecule has 16 heavy (non-hydrogen) atoms. The van der Waals surface area contributed by atoms with E-state index in [0.29, 0.717) is 12.5 Å². The molecule has 0 saturated carbocycles. The van der Waals surface area contributed by atoms with Crippen molar-refractivity contribution in [3.63, 3.8) is 0 Å². The molecule has 1 aliphatic rings. The minimum Gasteiger partial charge on any atom is -0.508 e. The van der Waals surface area contributed by atoms with Crippen LogP contribution in [0.5, 0.6) is 11.5 Å². The number of likely N-dealkylation sites (tertiary alicyclic amines) is 1. The first-order chi connectivity index (χ1) is 7.58. The van der Waals surface area contributed by atoms with Gasteiger partial charge in [-0.15, -0.1) is 0 Å². The Kier molecular flexibility index (Phi) is 2.73. The Balaban J connectivity index is 2.23. The molecule has 1 heterocycles. The number of rotatable bonds is 1. The lowest BCUT2D eigenvalue weighted by Crippen LogP contribution is -2.28. The zero-order chi connectivity index (χ0) is 11.7. The third-order valence-corrected chi connectivity index (χ3v) is 2.92. The fourth-order valence-electron chi connectivity index (χ4n) is 1.99.